The number of hydrogen-bond donors (Lipinski definition) is 0. The van der Waals surface area contributed by atoms with Gasteiger partial charge in [-0.3, -0.25) is 0 Å². The van der Waals surface area contributed by atoms with E-state index >= 15 is 0 Å². The molecule has 0 aromatic heterocycles. The summed E-state index contributed by atoms with van der Waals surface area (Å²) in [6.07, 6.45) is 6.15. The van der Waals surface area contributed by atoms with Gasteiger partial charge < -0.3 is 4.18 Å². The number of allylic oxidation sites excluding steroid dienone is 2. The first-order valence-corrected chi connectivity index (χ1v) is 7.44. The average Bonchev–Trinajstić information content (AvgIpc) is 2.82. The van der Waals surface area contributed by atoms with Crippen LogP contribution in [-0.4, -0.2) is 13.9 Å². The summed E-state index contributed by atoms with van der Waals surface area (Å²) in [4.78, 5) is 0. The normalized spacial score (nSPS) is 16.6. The maximum absolute atomic E-state index is 12.3. The van der Waals surface area contributed by atoms with Gasteiger partial charge in [0.1, 0.15) is 5.75 Å². The molecule has 0 fully saturated rings. The van der Waals surface area contributed by atoms with E-state index in [1.165, 1.54) is 12.1 Å². The van der Waals surface area contributed by atoms with E-state index in [4.69, 9.17) is 0 Å². The minimum absolute atomic E-state index is 0.253. The summed E-state index contributed by atoms with van der Waals surface area (Å²) in [5.41, 5.74) is -4.95. The molecule has 1 aliphatic rings. The van der Waals surface area contributed by atoms with Crippen molar-refractivity contribution in [2.75, 3.05) is 0 Å². The lowest BCUT2D eigenvalue weighted by molar-refractivity contribution is -0.0500. The number of para-hydroxylation sites is 1. The van der Waals surface area contributed by atoms with Gasteiger partial charge in [0.15, 0.2) is 0 Å². The fraction of sp³-hybridized carbons (Fsp3) is 0.385. The first kappa shape index (κ1) is 14.9. The van der Waals surface area contributed by atoms with Gasteiger partial charge in [-0.25, -0.2) is 0 Å². The lowest BCUT2D eigenvalue weighted by Gasteiger charge is -2.15. The van der Waals surface area contributed by atoms with Crippen molar-refractivity contribution >= 4 is 10.1 Å². The van der Waals surface area contributed by atoms with E-state index in [9.17, 15) is 21.6 Å². The zero-order valence-electron chi connectivity index (χ0n) is 10.4. The first-order valence-electron chi connectivity index (χ1n) is 6.03. The maximum atomic E-state index is 12.3. The Bertz CT molecular complexity index is 598. The van der Waals surface area contributed by atoms with Crippen LogP contribution in [0.3, 0.4) is 0 Å². The molecule has 0 radical (unpaired) electrons. The molecule has 2 rings (SSSR count). The van der Waals surface area contributed by atoms with Crippen LogP contribution in [0.25, 0.3) is 0 Å². The zero-order valence-corrected chi connectivity index (χ0v) is 11.2. The molecule has 1 aromatic carbocycles. The van der Waals surface area contributed by atoms with E-state index in [1.807, 2.05) is 12.2 Å². The summed E-state index contributed by atoms with van der Waals surface area (Å²) in [6.45, 7) is 0. The zero-order chi connectivity index (χ0) is 14.8. The highest BCUT2D eigenvalue weighted by molar-refractivity contribution is 7.88. The summed E-state index contributed by atoms with van der Waals surface area (Å²) >= 11 is 0. The smallest absolute Gasteiger partial charge is 0.376 e. The van der Waals surface area contributed by atoms with Gasteiger partial charge >= 0.3 is 15.6 Å². The number of benzene rings is 1. The highest BCUT2D eigenvalue weighted by Gasteiger charge is 2.48. The van der Waals surface area contributed by atoms with E-state index in [0.717, 1.165) is 12.8 Å². The molecule has 0 aliphatic heterocycles. The third-order valence-electron chi connectivity index (χ3n) is 3.07. The van der Waals surface area contributed by atoms with E-state index in [-0.39, 0.29) is 11.7 Å². The molecule has 7 heteroatoms. The molecule has 1 aromatic rings. The van der Waals surface area contributed by atoms with Crippen LogP contribution < -0.4 is 4.18 Å². The molecule has 3 nitrogen and oxygen atoms in total. The molecule has 1 aliphatic carbocycles. The molecular formula is C13H13F3O3S. The van der Waals surface area contributed by atoms with Crippen LogP contribution in [-0.2, 0) is 16.5 Å². The fourth-order valence-corrected chi connectivity index (χ4v) is 2.56. The Hall–Kier alpha value is -1.50. The predicted molar refractivity (Wildman–Crippen MR) is 67.6 cm³/mol. The second kappa shape index (κ2) is 5.47. The largest absolute Gasteiger partial charge is 0.534 e. The molecule has 0 spiro atoms. The molecule has 110 valence electrons. The Kier molecular flexibility index (Phi) is 4.08. The summed E-state index contributed by atoms with van der Waals surface area (Å²) < 4.78 is 63.3. The lowest BCUT2D eigenvalue weighted by atomic mass is 9.97. The minimum Gasteiger partial charge on any atom is -0.376 e. The van der Waals surface area contributed by atoms with Gasteiger partial charge in [-0.05, 0) is 36.8 Å². The summed E-state index contributed by atoms with van der Waals surface area (Å²) in [5, 5.41) is 0. The van der Waals surface area contributed by atoms with Gasteiger partial charge in [0.2, 0.25) is 0 Å². The average molecular weight is 306 g/mol. The Morgan fingerprint density at radius 2 is 1.75 bits per heavy atom. The van der Waals surface area contributed by atoms with Crippen LogP contribution in [0.1, 0.15) is 18.4 Å². The van der Waals surface area contributed by atoms with Gasteiger partial charge in [0.25, 0.3) is 0 Å². The van der Waals surface area contributed by atoms with Crippen molar-refractivity contribution in [2.45, 2.75) is 24.8 Å². The lowest BCUT2D eigenvalue weighted by Crippen LogP contribution is -2.28. The second-order valence-corrected chi connectivity index (χ2v) is 6.14. The molecule has 0 saturated carbocycles. The Morgan fingerprint density at radius 3 is 2.35 bits per heavy atom. The van der Waals surface area contributed by atoms with Crippen LogP contribution in [0.2, 0.25) is 0 Å². The van der Waals surface area contributed by atoms with Crippen molar-refractivity contribution in [1.29, 1.82) is 0 Å². The number of halogens is 3. The minimum atomic E-state index is -5.62. The van der Waals surface area contributed by atoms with Crippen LogP contribution >= 0.6 is 0 Å². The van der Waals surface area contributed by atoms with Crippen LogP contribution in [0.15, 0.2) is 36.4 Å². The molecule has 0 unspecified atom stereocenters. The fourth-order valence-electron chi connectivity index (χ4n) is 2.07. The highest BCUT2D eigenvalue weighted by atomic mass is 32.2. The SMILES string of the molecule is O=S(=O)(Oc1ccccc1CC1CC=CC1)C(F)(F)F. The van der Waals surface area contributed by atoms with Crippen LogP contribution in [0, 0.1) is 5.92 Å². The first-order chi connectivity index (χ1) is 9.29. The maximum Gasteiger partial charge on any atom is 0.534 e. The predicted octanol–water partition coefficient (Wildman–Crippen LogP) is 3.42. The highest BCUT2D eigenvalue weighted by Crippen LogP contribution is 2.31. The van der Waals surface area contributed by atoms with Crippen molar-refractivity contribution in [3.05, 3.63) is 42.0 Å². The van der Waals surface area contributed by atoms with Gasteiger partial charge in [0, 0.05) is 0 Å². The molecule has 0 saturated heterocycles. The molecule has 20 heavy (non-hydrogen) atoms. The van der Waals surface area contributed by atoms with Crippen molar-refractivity contribution in [3.8, 4) is 5.75 Å². The van der Waals surface area contributed by atoms with E-state index in [0.29, 0.717) is 12.0 Å². The molecule has 0 heterocycles. The second-order valence-electron chi connectivity index (χ2n) is 4.60. The molecule has 0 bridgehead atoms. The Morgan fingerprint density at radius 1 is 1.15 bits per heavy atom. The van der Waals surface area contributed by atoms with Crippen molar-refractivity contribution in [1.82, 2.24) is 0 Å². The van der Waals surface area contributed by atoms with Crippen LogP contribution in [0.5, 0.6) is 5.75 Å². The van der Waals surface area contributed by atoms with E-state index in [1.54, 1.807) is 12.1 Å². The third-order valence-corrected chi connectivity index (χ3v) is 4.04. The standard InChI is InChI=1S/C13H13F3O3S/c14-13(15,16)20(17,18)19-12-8-4-3-7-11(12)9-10-5-1-2-6-10/h1-4,7-8,10H,5-6,9H2. The van der Waals surface area contributed by atoms with Gasteiger partial charge in [-0.1, -0.05) is 30.4 Å². The molecule has 0 N–H and O–H groups in total. The number of rotatable bonds is 4. The Balaban J connectivity index is 2.20. The Labute approximate surface area is 115 Å². The van der Waals surface area contributed by atoms with Gasteiger partial charge in [-0.15, -0.1) is 0 Å². The topological polar surface area (TPSA) is 43.4 Å². The molecular weight excluding hydrogens is 293 g/mol. The van der Waals surface area contributed by atoms with E-state index < -0.39 is 15.6 Å². The summed E-state index contributed by atoms with van der Waals surface area (Å²) in [7, 11) is -5.62. The van der Waals surface area contributed by atoms with Gasteiger partial charge in [-0.2, -0.15) is 21.6 Å². The van der Waals surface area contributed by atoms with Crippen LogP contribution in [0.4, 0.5) is 13.2 Å². The third kappa shape index (κ3) is 3.33. The number of hydrogen-bond acceptors (Lipinski definition) is 3. The molecule has 0 amide bonds. The van der Waals surface area contributed by atoms with Crippen molar-refractivity contribution in [3.63, 3.8) is 0 Å². The monoisotopic (exact) mass is 306 g/mol. The summed E-state index contributed by atoms with van der Waals surface area (Å²) in [5.74, 6) is 0.0186. The van der Waals surface area contributed by atoms with Gasteiger partial charge in [0.05, 0.1) is 0 Å². The van der Waals surface area contributed by atoms with Crippen molar-refractivity contribution in [2.24, 2.45) is 5.92 Å². The quantitative estimate of drug-likeness (QED) is 0.486. The molecule has 0 atom stereocenters. The van der Waals surface area contributed by atoms with E-state index in [2.05, 4.69) is 4.18 Å². The summed E-state index contributed by atoms with van der Waals surface area (Å²) in [6, 6.07) is 5.91. The number of alkyl halides is 3. The van der Waals surface area contributed by atoms with Crippen molar-refractivity contribution < 1.29 is 25.8 Å².